The van der Waals surface area contributed by atoms with Gasteiger partial charge >= 0.3 is 12.7 Å². The fourth-order valence-corrected chi connectivity index (χ4v) is 5.45. The SMILES string of the molecule is CC(C)(C)OC(=O)N1CCOc2cc(-c3c(NC(=O)c4cnn5cccnc45)cnn3COCC[Si](C)(C)C)c(OC(F)F)cc21. The van der Waals surface area contributed by atoms with E-state index < -0.39 is 32.3 Å². The van der Waals surface area contributed by atoms with Crippen molar-refractivity contribution in [2.75, 3.05) is 30.0 Å². The predicted molar refractivity (Wildman–Crippen MR) is 168 cm³/mol. The van der Waals surface area contributed by atoms with Gasteiger partial charge in [-0.2, -0.15) is 19.0 Å². The number of anilines is 2. The molecule has 0 atom stereocenters. The summed E-state index contributed by atoms with van der Waals surface area (Å²) in [6, 6.07) is 5.34. The summed E-state index contributed by atoms with van der Waals surface area (Å²) >= 11 is 0. The van der Waals surface area contributed by atoms with Gasteiger partial charge in [0.25, 0.3) is 5.91 Å². The van der Waals surface area contributed by atoms with Crippen LogP contribution in [-0.4, -0.2) is 76.4 Å². The molecule has 2 amide bonds. The lowest BCUT2D eigenvalue weighted by Gasteiger charge is -2.32. The Balaban J connectivity index is 1.57. The molecule has 4 aromatic rings. The quantitative estimate of drug-likeness (QED) is 0.164. The molecule has 0 saturated carbocycles. The molecule has 1 aromatic carbocycles. The van der Waals surface area contributed by atoms with Crippen LogP contribution < -0.4 is 19.7 Å². The Morgan fingerprint density at radius 3 is 2.65 bits per heavy atom. The van der Waals surface area contributed by atoms with Gasteiger partial charge in [0.05, 0.1) is 36.0 Å². The number of rotatable bonds is 10. The Bertz CT molecular complexity index is 1730. The molecule has 0 bridgehead atoms. The average molecular weight is 658 g/mol. The van der Waals surface area contributed by atoms with Crippen LogP contribution in [0.15, 0.2) is 43.0 Å². The molecule has 0 fully saturated rings. The van der Waals surface area contributed by atoms with Crippen molar-refractivity contribution in [1.29, 1.82) is 0 Å². The van der Waals surface area contributed by atoms with Gasteiger partial charge in [-0.25, -0.2) is 19.0 Å². The summed E-state index contributed by atoms with van der Waals surface area (Å²) in [6.45, 7) is 9.33. The molecule has 1 aliphatic heterocycles. The van der Waals surface area contributed by atoms with Crippen LogP contribution in [0.25, 0.3) is 16.9 Å². The number of nitrogens with zero attached hydrogens (tertiary/aromatic N) is 6. The molecular formula is C30H37F2N7O6Si. The Kier molecular flexibility index (Phi) is 9.30. The molecule has 4 heterocycles. The van der Waals surface area contributed by atoms with E-state index in [1.807, 2.05) is 0 Å². The second-order valence-electron chi connectivity index (χ2n) is 12.8. The molecule has 0 unspecified atom stereocenters. The van der Waals surface area contributed by atoms with Gasteiger partial charge in [0.2, 0.25) is 0 Å². The molecule has 3 aromatic heterocycles. The zero-order chi connectivity index (χ0) is 33.2. The summed E-state index contributed by atoms with van der Waals surface area (Å²) in [5.74, 6) is -0.592. The lowest BCUT2D eigenvalue weighted by Crippen LogP contribution is -2.41. The second-order valence-corrected chi connectivity index (χ2v) is 18.5. The Morgan fingerprint density at radius 2 is 1.93 bits per heavy atom. The number of benzene rings is 1. The van der Waals surface area contributed by atoms with Crippen LogP contribution in [0.1, 0.15) is 31.1 Å². The Hall–Kier alpha value is -4.57. The van der Waals surface area contributed by atoms with Crippen molar-refractivity contribution in [2.24, 2.45) is 0 Å². The number of hydrogen-bond donors (Lipinski definition) is 1. The minimum absolute atomic E-state index is 0.0377. The molecule has 1 N–H and O–H groups in total. The number of carbonyl (C=O) groups is 2. The molecule has 0 aliphatic carbocycles. The van der Waals surface area contributed by atoms with Crippen LogP contribution in [0, 0.1) is 0 Å². The van der Waals surface area contributed by atoms with E-state index >= 15 is 0 Å². The average Bonchev–Trinajstić information content (AvgIpc) is 3.57. The van der Waals surface area contributed by atoms with Gasteiger partial charge in [0.1, 0.15) is 36.0 Å². The highest BCUT2D eigenvalue weighted by atomic mass is 28.3. The topological polar surface area (TPSA) is 134 Å². The van der Waals surface area contributed by atoms with Crippen molar-refractivity contribution >= 4 is 37.1 Å². The number of hydrogen-bond acceptors (Lipinski definition) is 9. The molecule has 0 spiro atoms. The molecule has 16 heteroatoms. The maximum atomic E-state index is 13.9. The highest BCUT2D eigenvalue weighted by Crippen LogP contribution is 2.45. The van der Waals surface area contributed by atoms with E-state index in [-0.39, 0.29) is 59.6 Å². The summed E-state index contributed by atoms with van der Waals surface area (Å²) < 4.78 is 53.0. The van der Waals surface area contributed by atoms with Crippen LogP contribution in [0.2, 0.25) is 25.7 Å². The van der Waals surface area contributed by atoms with Gasteiger partial charge in [-0.3, -0.25) is 9.69 Å². The number of ether oxygens (including phenoxy) is 4. The smallest absolute Gasteiger partial charge is 0.415 e. The lowest BCUT2D eigenvalue weighted by atomic mass is 10.1. The number of aromatic nitrogens is 5. The van der Waals surface area contributed by atoms with Crippen molar-refractivity contribution in [3.63, 3.8) is 0 Å². The molecule has 13 nitrogen and oxygen atoms in total. The maximum absolute atomic E-state index is 13.9. The molecule has 5 rings (SSSR count). The molecule has 46 heavy (non-hydrogen) atoms. The number of nitrogens with one attached hydrogen (secondary N) is 1. The third kappa shape index (κ3) is 7.62. The van der Waals surface area contributed by atoms with E-state index in [4.69, 9.17) is 18.9 Å². The van der Waals surface area contributed by atoms with E-state index in [0.29, 0.717) is 12.3 Å². The fourth-order valence-electron chi connectivity index (χ4n) is 4.69. The van der Waals surface area contributed by atoms with Crippen molar-refractivity contribution < 1.29 is 37.3 Å². The van der Waals surface area contributed by atoms with Gasteiger partial charge in [0, 0.05) is 38.7 Å². The van der Waals surface area contributed by atoms with Gasteiger partial charge in [-0.05, 0) is 38.9 Å². The number of halogens is 2. The molecule has 0 saturated heterocycles. The minimum atomic E-state index is -3.21. The monoisotopic (exact) mass is 657 g/mol. The van der Waals surface area contributed by atoms with Crippen molar-refractivity contribution in [1.82, 2.24) is 24.4 Å². The summed E-state index contributed by atoms with van der Waals surface area (Å²) in [4.78, 5) is 32.1. The number of alkyl halides is 2. The van der Waals surface area contributed by atoms with Crippen LogP contribution in [0.5, 0.6) is 11.5 Å². The number of carbonyl (C=O) groups excluding carboxylic acids is 2. The van der Waals surface area contributed by atoms with Gasteiger partial charge < -0.3 is 24.3 Å². The second kappa shape index (κ2) is 13.0. The van der Waals surface area contributed by atoms with E-state index in [2.05, 4.69) is 40.1 Å². The van der Waals surface area contributed by atoms with Crippen molar-refractivity contribution in [3.05, 3.63) is 48.5 Å². The molecular weight excluding hydrogens is 620 g/mol. The largest absolute Gasteiger partial charge is 0.490 e. The van der Waals surface area contributed by atoms with Gasteiger partial charge in [0.15, 0.2) is 5.65 Å². The number of fused-ring (bicyclic) bond motifs is 2. The zero-order valence-electron chi connectivity index (χ0n) is 26.5. The highest BCUT2D eigenvalue weighted by Gasteiger charge is 2.32. The molecule has 1 aliphatic rings. The Labute approximate surface area is 265 Å². The first-order chi connectivity index (χ1) is 21.7. The molecule has 246 valence electrons. The van der Waals surface area contributed by atoms with E-state index in [1.165, 1.54) is 44.8 Å². The third-order valence-corrected chi connectivity index (χ3v) is 8.54. The van der Waals surface area contributed by atoms with Gasteiger partial charge in [-0.1, -0.05) is 19.6 Å². The summed E-state index contributed by atoms with van der Waals surface area (Å²) in [5, 5.41) is 11.4. The normalized spacial score (nSPS) is 13.5. The minimum Gasteiger partial charge on any atom is -0.490 e. The predicted octanol–water partition coefficient (Wildman–Crippen LogP) is 5.89. The first-order valence-corrected chi connectivity index (χ1v) is 18.4. The van der Waals surface area contributed by atoms with Crippen molar-refractivity contribution in [3.8, 4) is 22.8 Å². The van der Waals surface area contributed by atoms with E-state index in [9.17, 15) is 18.4 Å². The molecule has 0 radical (unpaired) electrons. The summed E-state index contributed by atoms with van der Waals surface area (Å²) in [5.41, 5.74) is 0.468. The zero-order valence-corrected chi connectivity index (χ0v) is 27.5. The van der Waals surface area contributed by atoms with Crippen molar-refractivity contribution in [2.45, 2.75) is 65.4 Å². The Morgan fingerprint density at radius 1 is 1.15 bits per heavy atom. The van der Waals surface area contributed by atoms with E-state index in [0.717, 1.165) is 6.04 Å². The number of amides is 2. The maximum Gasteiger partial charge on any atom is 0.415 e. The standard InChI is InChI=1S/C30H37F2N7O6Si/c1-30(2,3)45-29(41)37-10-11-43-24-14-19(23(15-22(24)37)44-28(31)32)25-21(17-35-39(25)18-42-12-13-46(4,5)6)36-27(40)20-16-34-38-9-7-8-33-26(20)38/h7-9,14-17,28H,10-13,18H2,1-6H3,(H,36,40). The summed E-state index contributed by atoms with van der Waals surface area (Å²) in [7, 11) is -1.41. The fraction of sp³-hybridized carbons (Fsp3) is 0.433. The van der Waals surface area contributed by atoms with Crippen LogP contribution in [0.4, 0.5) is 25.0 Å². The van der Waals surface area contributed by atoms with Crippen LogP contribution in [-0.2, 0) is 16.2 Å². The third-order valence-electron chi connectivity index (χ3n) is 6.83. The first kappa shape index (κ1) is 32.8. The summed E-state index contributed by atoms with van der Waals surface area (Å²) in [6.07, 6.45) is 5.31. The van der Waals surface area contributed by atoms with E-state index in [1.54, 1.807) is 33.0 Å². The van der Waals surface area contributed by atoms with Gasteiger partial charge in [-0.15, -0.1) is 0 Å². The lowest BCUT2D eigenvalue weighted by molar-refractivity contribution is -0.0495. The highest BCUT2D eigenvalue weighted by molar-refractivity contribution is 6.76. The van der Waals surface area contributed by atoms with Crippen LogP contribution in [0.3, 0.4) is 0 Å². The van der Waals surface area contributed by atoms with Crippen LogP contribution >= 0.6 is 0 Å². The first-order valence-electron chi connectivity index (χ1n) is 14.7.